The van der Waals surface area contributed by atoms with E-state index in [1.807, 2.05) is 23.8 Å². The molecule has 0 unspecified atom stereocenters. The molecule has 0 radical (unpaired) electrons. The van der Waals surface area contributed by atoms with Gasteiger partial charge in [0.25, 0.3) is 0 Å². The first-order valence-electron chi connectivity index (χ1n) is 11.1. The Morgan fingerprint density at radius 3 is 2.85 bits per heavy atom. The number of hydrogen-bond acceptors (Lipinski definition) is 6. The molecule has 8 nitrogen and oxygen atoms in total. The van der Waals surface area contributed by atoms with Gasteiger partial charge in [0, 0.05) is 30.9 Å². The van der Waals surface area contributed by atoms with Gasteiger partial charge in [0.05, 0.1) is 11.9 Å². The molecular formula is C24H30N4O4S. The standard InChI is InChI=1S/C24H30N4O4S/c1-16-12-18-7-4-8-20(18)23(26-24(29)27-33(3,30)31)22(16)19-9-10-25-21(13-19)32-15-17-6-5-11-28(2)14-17/h6,9-10,12-13H,4-5,7-8,11,14-15H2,1-3H3,(H2,26,27,29). The van der Waals surface area contributed by atoms with E-state index < -0.39 is 16.1 Å². The molecule has 4 rings (SSSR count). The first-order chi connectivity index (χ1) is 15.7. The molecule has 0 fully saturated rings. The molecule has 2 heterocycles. The summed E-state index contributed by atoms with van der Waals surface area (Å²) in [6.07, 6.45) is 8.65. The van der Waals surface area contributed by atoms with Crippen molar-refractivity contribution in [2.75, 3.05) is 38.3 Å². The maximum atomic E-state index is 12.4. The Hall–Kier alpha value is -2.91. The van der Waals surface area contributed by atoms with Crippen molar-refractivity contribution >= 4 is 21.7 Å². The van der Waals surface area contributed by atoms with Gasteiger partial charge in [-0.2, -0.15) is 0 Å². The number of nitrogens with zero attached hydrogens (tertiary/aromatic N) is 2. The van der Waals surface area contributed by atoms with E-state index in [2.05, 4.69) is 34.4 Å². The van der Waals surface area contributed by atoms with Crippen molar-refractivity contribution in [1.82, 2.24) is 14.6 Å². The zero-order chi connectivity index (χ0) is 23.6. The Balaban J connectivity index is 1.65. The molecule has 0 saturated carbocycles. The number of carbonyl (C=O) groups is 1. The van der Waals surface area contributed by atoms with E-state index in [4.69, 9.17) is 4.74 Å². The van der Waals surface area contributed by atoms with Crippen molar-refractivity contribution in [1.29, 1.82) is 0 Å². The SMILES string of the molecule is Cc1cc2c(c(NC(=O)NS(C)(=O)=O)c1-c1ccnc(OCC3=CCCN(C)C3)c1)CCC2. The Morgan fingerprint density at radius 2 is 2.09 bits per heavy atom. The zero-order valence-electron chi connectivity index (χ0n) is 19.3. The Morgan fingerprint density at radius 1 is 1.27 bits per heavy atom. The average molecular weight is 471 g/mol. The molecular weight excluding hydrogens is 440 g/mol. The maximum absolute atomic E-state index is 12.4. The highest BCUT2D eigenvalue weighted by Crippen LogP contribution is 2.40. The molecule has 0 spiro atoms. The van der Waals surface area contributed by atoms with Gasteiger partial charge < -0.3 is 15.0 Å². The quantitative estimate of drug-likeness (QED) is 0.629. The van der Waals surface area contributed by atoms with Crippen molar-refractivity contribution in [3.8, 4) is 17.0 Å². The predicted octanol–water partition coefficient (Wildman–Crippen LogP) is 3.27. The van der Waals surface area contributed by atoms with Gasteiger partial charge in [-0.05, 0) is 73.5 Å². The van der Waals surface area contributed by atoms with Crippen LogP contribution in [-0.4, -0.2) is 57.3 Å². The van der Waals surface area contributed by atoms with Crippen LogP contribution in [0.2, 0.25) is 0 Å². The third-order valence-corrected chi connectivity index (χ3v) is 6.52. The number of carbonyl (C=O) groups excluding carboxylic acids is 1. The number of nitrogens with one attached hydrogen (secondary N) is 2. The molecule has 176 valence electrons. The van der Waals surface area contributed by atoms with Crippen molar-refractivity contribution < 1.29 is 17.9 Å². The number of urea groups is 1. The van der Waals surface area contributed by atoms with Crippen LogP contribution in [-0.2, 0) is 22.9 Å². The number of sulfonamides is 1. The van der Waals surface area contributed by atoms with Crippen LogP contribution in [0, 0.1) is 6.92 Å². The largest absolute Gasteiger partial charge is 0.473 e. The van der Waals surface area contributed by atoms with E-state index in [1.54, 1.807) is 6.20 Å². The van der Waals surface area contributed by atoms with Crippen LogP contribution in [0.5, 0.6) is 5.88 Å². The van der Waals surface area contributed by atoms with Crippen LogP contribution in [0.3, 0.4) is 0 Å². The lowest BCUT2D eigenvalue weighted by Crippen LogP contribution is -2.34. The van der Waals surface area contributed by atoms with Crippen LogP contribution in [0.4, 0.5) is 10.5 Å². The fourth-order valence-corrected chi connectivity index (χ4v) is 4.99. The number of pyridine rings is 1. The molecule has 33 heavy (non-hydrogen) atoms. The number of amides is 2. The summed E-state index contributed by atoms with van der Waals surface area (Å²) < 4.78 is 31.1. The minimum atomic E-state index is -3.67. The lowest BCUT2D eigenvalue weighted by atomic mass is 9.93. The lowest BCUT2D eigenvalue weighted by molar-refractivity contribution is 0.256. The summed E-state index contributed by atoms with van der Waals surface area (Å²) in [6.45, 7) is 4.41. The smallest absolute Gasteiger partial charge is 0.332 e. The second kappa shape index (κ2) is 9.52. The summed E-state index contributed by atoms with van der Waals surface area (Å²) in [5.41, 5.74) is 6.82. The van der Waals surface area contributed by atoms with Gasteiger partial charge in [-0.25, -0.2) is 22.9 Å². The molecule has 2 aliphatic rings. The molecule has 0 saturated heterocycles. The van der Waals surface area contributed by atoms with Crippen LogP contribution in [0.1, 0.15) is 29.5 Å². The molecule has 1 aromatic carbocycles. The molecule has 9 heteroatoms. The first kappa shape index (κ1) is 23.3. The molecule has 1 aromatic heterocycles. The number of aryl methyl sites for hydroxylation is 2. The van der Waals surface area contributed by atoms with E-state index >= 15 is 0 Å². The Bertz CT molecular complexity index is 1210. The predicted molar refractivity (Wildman–Crippen MR) is 129 cm³/mol. The van der Waals surface area contributed by atoms with Crippen molar-refractivity contribution in [2.24, 2.45) is 0 Å². The monoisotopic (exact) mass is 470 g/mol. The topological polar surface area (TPSA) is 101 Å². The maximum Gasteiger partial charge on any atom is 0.332 e. The van der Waals surface area contributed by atoms with E-state index in [-0.39, 0.29) is 0 Å². The summed E-state index contributed by atoms with van der Waals surface area (Å²) in [5, 5.41) is 2.81. The first-order valence-corrected chi connectivity index (χ1v) is 13.0. The summed E-state index contributed by atoms with van der Waals surface area (Å²) in [6, 6.07) is 5.14. The lowest BCUT2D eigenvalue weighted by Gasteiger charge is -2.23. The van der Waals surface area contributed by atoms with Crippen LogP contribution >= 0.6 is 0 Å². The highest BCUT2D eigenvalue weighted by atomic mass is 32.2. The number of aromatic nitrogens is 1. The van der Waals surface area contributed by atoms with Crippen molar-refractivity contribution in [2.45, 2.75) is 32.6 Å². The van der Waals surface area contributed by atoms with E-state index in [1.165, 1.54) is 11.1 Å². The van der Waals surface area contributed by atoms with Gasteiger partial charge in [0.15, 0.2) is 0 Å². The van der Waals surface area contributed by atoms with E-state index in [0.717, 1.165) is 67.3 Å². The van der Waals surface area contributed by atoms with Gasteiger partial charge >= 0.3 is 6.03 Å². The van der Waals surface area contributed by atoms with Crippen molar-refractivity contribution in [3.05, 3.63) is 52.7 Å². The number of hydrogen-bond donors (Lipinski definition) is 2. The molecule has 1 aliphatic heterocycles. The number of rotatable bonds is 6. The fraction of sp³-hybridized carbons (Fsp3) is 0.417. The normalized spacial score (nSPS) is 16.2. The molecule has 1 aliphatic carbocycles. The number of likely N-dealkylation sites (N-methyl/N-ethyl adjacent to an activating group) is 1. The number of benzene rings is 1. The van der Waals surface area contributed by atoms with Crippen LogP contribution in [0.15, 0.2) is 36.0 Å². The Kier molecular flexibility index (Phi) is 6.71. The van der Waals surface area contributed by atoms with Gasteiger partial charge in [-0.1, -0.05) is 12.1 Å². The second-order valence-corrected chi connectivity index (χ2v) is 10.6. The third-order valence-electron chi connectivity index (χ3n) is 5.96. The summed E-state index contributed by atoms with van der Waals surface area (Å²) in [7, 11) is -1.58. The minimum Gasteiger partial charge on any atom is -0.473 e. The highest BCUT2D eigenvalue weighted by molar-refractivity contribution is 7.89. The van der Waals surface area contributed by atoms with Crippen LogP contribution in [0.25, 0.3) is 11.1 Å². The van der Waals surface area contributed by atoms with Gasteiger partial charge in [-0.15, -0.1) is 0 Å². The van der Waals surface area contributed by atoms with Gasteiger partial charge in [0.2, 0.25) is 15.9 Å². The molecule has 2 aromatic rings. The Labute approximate surface area is 195 Å². The second-order valence-electron chi connectivity index (χ2n) is 8.82. The third kappa shape index (κ3) is 5.72. The molecule has 0 bridgehead atoms. The minimum absolute atomic E-state index is 0.478. The van der Waals surface area contributed by atoms with Crippen LogP contribution < -0.4 is 14.8 Å². The van der Waals surface area contributed by atoms with Gasteiger partial charge in [-0.3, -0.25) is 0 Å². The van der Waals surface area contributed by atoms with E-state index in [0.29, 0.717) is 18.2 Å². The number of fused-ring (bicyclic) bond motifs is 1. The highest BCUT2D eigenvalue weighted by Gasteiger charge is 2.23. The summed E-state index contributed by atoms with van der Waals surface area (Å²) in [5.74, 6) is 0.507. The van der Waals surface area contributed by atoms with E-state index in [9.17, 15) is 13.2 Å². The number of anilines is 1. The number of ether oxygens (including phenoxy) is 1. The average Bonchev–Trinajstić information content (AvgIpc) is 3.19. The summed E-state index contributed by atoms with van der Waals surface area (Å²) in [4.78, 5) is 19.1. The summed E-state index contributed by atoms with van der Waals surface area (Å²) >= 11 is 0. The van der Waals surface area contributed by atoms with Crippen molar-refractivity contribution in [3.63, 3.8) is 0 Å². The zero-order valence-corrected chi connectivity index (χ0v) is 20.1. The molecule has 2 N–H and O–H groups in total. The van der Waals surface area contributed by atoms with Gasteiger partial charge in [0.1, 0.15) is 6.61 Å². The molecule has 2 amide bonds. The fourth-order valence-electron chi connectivity index (χ4n) is 4.61. The molecule has 0 atom stereocenters.